The maximum absolute atomic E-state index is 12.3. The first-order chi connectivity index (χ1) is 7.03. The van der Waals surface area contributed by atoms with Crippen LogP contribution in [0.3, 0.4) is 0 Å². The van der Waals surface area contributed by atoms with E-state index in [2.05, 4.69) is 36.7 Å². The Morgan fingerprint density at radius 1 is 1.53 bits per heavy atom. The molecule has 0 radical (unpaired) electrons. The van der Waals surface area contributed by atoms with E-state index >= 15 is 0 Å². The summed E-state index contributed by atoms with van der Waals surface area (Å²) in [5.74, 6) is 0.286. The molecular weight excluding hydrogens is 272 g/mol. The molecule has 84 valence electrons. The summed E-state index contributed by atoms with van der Waals surface area (Å²) >= 11 is 4.97. The Morgan fingerprint density at radius 2 is 2.20 bits per heavy atom. The lowest BCUT2D eigenvalue weighted by molar-refractivity contribution is 0.0794. The van der Waals surface area contributed by atoms with Crippen molar-refractivity contribution < 1.29 is 4.79 Å². The molecule has 1 unspecified atom stereocenters. The van der Waals surface area contributed by atoms with E-state index in [9.17, 15) is 4.79 Å². The predicted molar refractivity (Wildman–Crippen MR) is 69.7 cm³/mol. The van der Waals surface area contributed by atoms with Gasteiger partial charge < -0.3 is 0 Å². The molecular formula is C12H17BrOS. The topological polar surface area (TPSA) is 17.1 Å². The average molecular weight is 289 g/mol. The molecule has 0 amide bonds. The molecule has 15 heavy (non-hydrogen) atoms. The highest BCUT2D eigenvalue weighted by molar-refractivity contribution is 9.11. The molecule has 0 aliphatic carbocycles. The molecule has 0 saturated carbocycles. The van der Waals surface area contributed by atoms with E-state index in [4.69, 9.17) is 0 Å². The Kier molecular flexibility index (Phi) is 4.53. The normalized spacial score (nSPS) is 14.9. The molecule has 1 rings (SSSR count). The van der Waals surface area contributed by atoms with E-state index in [1.165, 1.54) is 0 Å². The second-order valence-corrected chi connectivity index (χ2v) is 6.42. The summed E-state index contributed by atoms with van der Waals surface area (Å²) in [7, 11) is 0. The average Bonchev–Trinajstić information content (AvgIpc) is 2.64. The number of halogens is 1. The number of thiophene rings is 1. The van der Waals surface area contributed by atoms with E-state index < -0.39 is 0 Å². The van der Waals surface area contributed by atoms with Crippen molar-refractivity contribution in [3.05, 3.63) is 20.8 Å². The zero-order valence-corrected chi connectivity index (χ0v) is 11.9. The van der Waals surface area contributed by atoms with Gasteiger partial charge in [0.1, 0.15) is 0 Å². The Hall–Kier alpha value is -0.150. The van der Waals surface area contributed by atoms with Gasteiger partial charge in [0.25, 0.3) is 0 Å². The largest absolute Gasteiger partial charge is 0.294 e. The summed E-state index contributed by atoms with van der Waals surface area (Å²) in [6.45, 7) is 6.30. The van der Waals surface area contributed by atoms with Crippen molar-refractivity contribution in [2.45, 2.75) is 40.0 Å². The van der Waals surface area contributed by atoms with Crippen LogP contribution in [0.1, 0.15) is 50.4 Å². The van der Waals surface area contributed by atoms with Crippen molar-refractivity contribution in [3.8, 4) is 0 Å². The van der Waals surface area contributed by atoms with Crippen LogP contribution < -0.4 is 0 Å². The molecule has 1 aromatic rings. The lowest BCUT2D eigenvalue weighted by Gasteiger charge is -2.25. The molecule has 0 saturated heterocycles. The maximum Gasteiger partial charge on any atom is 0.169 e. The number of ketones is 1. The minimum atomic E-state index is -0.185. The zero-order valence-electron chi connectivity index (χ0n) is 9.47. The number of carbonyl (C=O) groups excluding carboxylic acids is 1. The van der Waals surface area contributed by atoms with Crippen molar-refractivity contribution >= 4 is 33.0 Å². The van der Waals surface area contributed by atoms with Crippen LogP contribution in [0.25, 0.3) is 0 Å². The number of rotatable bonds is 5. The maximum atomic E-state index is 12.3. The van der Waals surface area contributed by atoms with Crippen LogP contribution in [0, 0.1) is 5.41 Å². The summed E-state index contributed by atoms with van der Waals surface area (Å²) in [5.41, 5.74) is 0.666. The second kappa shape index (κ2) is 5.26. The van der Waals surface area contributed by atoms with E-state index in [-0.39, 0.29) is 11.2 Å². The third-order valence-corrected chi connectivity index (χ3v) is 4.46. The minimum Gasteiger partial charge on any atom is -0.294 e. The third-order valence-electron chi connectivity index (χ3n) is 2.96. The lowest BCUT2D eigenvalue weighted by Crippen LogP contribution is -2.26. The van der Waals surface area contributed by atoms with Gasteiger partial charge in [-0.3, -0.25) is 4.79 Å². The summed E-state index contributed by atoms with van der Waals surface area (Å²) < 4.78 is 1.03. The smallest absolute Gasteiger partial charge is 0.169 e. The lowest BCUT2D eigenvalue weighted by atomic mass is 9.77. The summed E-state index contributed by atoms with van der Waals surface area (Å²) in [6, 6.07) is 1.93. The van der Waals surface area contributed by atoms with Gasteiger partial charge in [-0.1, -0.05) is 27.2 Å². The van der Waals surface area contributed by atoms with Crippen LogP contribution in [0.5, 0.6) is 0 Å². The van der Waals surface area contributed by atoms with E-state index in [1.54, 1.807) is 11.3 Å². The Morgan fingerprint density at radius 3 is 2.60 bits per heavy atom. The van der Waals surface area contributed by atoms with Gasteiger partial charge in [0.15, 0.2) is 5.78 Å². The first-order valence-electron chi connectivity index (χ1n) is 5.32. The van der Waals surface area contributed by atoms with Gasteiger partial charge in [0.05, 0.1) is 3.79 Å². The molecule has 0 fully saturated rings. The van der Waals surface area contributed by atoms with Gasteiger partial charge in [-0.15, -0.1) is 11.3 Å². The van der Waals surface area contributed by atoms with Gasteiger partial charge in [0.2, 0.25) is 0 Å². The summed E-state index contributed by atoms with van der Waals surface area (Å²) in [4.78, 5) is 12.3. The fourth-order valence-electron chi connectivity index (χ4n) is 1.78. The molecule has 0 aliphatic heterocycles. The Bertz CT molecular complexity index is 345. The predicted octanol–water partition coefficient (Wildman–Crippen LogP) is 4.91. The highest BCUT2D eigenvalue weighted by atomic mass is 79.9. The van der Waals surface area contributed by atoms with E-state index in [0.717, 1.165) is 28.6 Å². The number of Topliss-reactive ketones (excluding diaryl/α,β-unsaturated/α-hetero) is 1. The highest BCUT2D eigenvalue weighted by Gasteiger charge is 2.31. The first-order valence-corrected chi connectivity index (χ1v) is 6.99. The number of hydrogen-bond acceptors (Lipinski definition) is 2. The van der Waals surface area contributed by atoms with Crippen molar-refractivity contribution in [1.29, 1.82) is 0 Å². The Balaban J connectivity index is 2.91. The number of carbonyl (C=O) groups is 1. The Labute approximate surface area is 104 Å². The van der Waals surface area contributed by atoms with Crippen LogP contribution in [0.15, 0.2) is 15.2 Å². The van der Waals surface area contributed by atoms with Crippen LogP contribution in [-0.2, 0) is 0 Å². The van der Waals surface area contributed by atoms with Gasteiger partial charge in [0, 0.05) is 16.4 Å². The van der Waals surface area contributed by atoms with Crippen molar-refractivity contribution in [3.63, 3.8) is 0 Å². The van der Waals surface area contributed by atoms with Crippen LogP contribution in [0.2, 0.25) is 0 Å². The van der Waals surface area contributed by atoms with Gasteiger partial charge in [-0.25, -0.2) is 0 Å². The molecule has 3 heteroatoms. The van der Waals surface area contributed by atoms with Gasteiger partial charge >= 0.3 is 0 Å². The van der Waals surface area contributed by atoms with Crippen LogP contribution in [-0.4, -0.2) is 5.78 Å². The molecule has 1 aromatic heterocycles. The van der Waals surface area contributed by atoms with E-state index in [0.29, 0.717) is 0 Å². The minimum absolute atomic E-state index is 0.185. The van der Waals surface area contributed by atoms with Crippen LogP contribution >= 0.6 is 27.3 Å². The molecule has 0 N–H and O–H groups in total. The summed E-state index contributed by atoms with van der Waals surface area (Å²) in [5, 5.41) is 1.94. The molecule has 0 aliphatic rings. The van der Waals surface area contributed by atoms with Gasteiger partial charge in [-0.05, 0) is 34.8 Å². The fourth-order valence-corrected chi connectivity index (χ4v) is 2.92. The molecule has 1 heterocycles. The zero-order chi connectivity index (χ0) is 11.5. The second-order valence-electron chi connectivity index (χ2n) is 4.13. The van der Waals surface area contributed by atoms with E-state index in [1.807, 2.05) is 11.4 Å². The quantitative estimate of drug-likeness (QED) is 0.704. The first kappa shape index (κ1) is 12.9. The number of hydrogen-bond donors (Lipinski definition) is 0. The van der Waals surface area contributed by atoms with Crippen molar-refractivity contribution in [2.24, 2.45) is 5.41 Å². The molecule has 0 aromatic carbocycles. The van der Waals surface area contributed by atoms with Crippen molar-refractivity contribution in [1.82, 2.24) is 0 Å². The molecule has 1 atom stereocenters. The molecule has 0 spiro atoms. The monoisotopic (exact) mass is 288 g/mol. The van der Waals surface area contributed by atoms with Crippen molar-refractivity contribution in [2.75, 3.05) is 0 Å². The third kappa shape index (κ3) is 2.91. The molecule has 0 bridgehead atoms. The van der Waals surface area contributed by atoms with Crippen LogP contribution in [0.4, 0.5) is 0 Å². The SMILES string of the molecule is CCCC(C)(CC)C(=O)c1csc(Br)c1. The summed E-state index contributed by atoms with van der Waals surface area (Å²) in [6.07, 6.45) is 2.93. The standard InChI is InChI=1S/C12H17BrOS/c1-4-6-12(3,5-2)11(14)9-7-10(13)15-8-9/h7-8H,4-6H2,1-3H3. The highest BCUT2D eigenvalue weighted by Crippen LogP contribution is 2.33. The fraction of sp³-hybridized carbons (Fsp3) is 0.583. The van der Waals surface area contributed by atoms with Gasteiger partial charge in [-0.2, -0.15) is 0 Å². The molecule has 1 nitrogen and oxygen atoms in total.